The van der Waals surface area contributed by atoms with Crippen molar-refractivity contribution in [2.45, 2.75) is 0 Å². The highest BCUT2D eigenvalue weighted by atomic mass is 79.9. The van der Waals surface area contributed by atoms with Gasteiger partial charge in [-0.2, -0.15) is 0 Å². The molecule has 2 heteroatoms. The third kappa shape index (κ3) is 1.57. The average Bonchev–Trinajstić information content (AvgIpc) is 2.47. The number of para-hydroxylation sites is 1. The Bertz CT molecular complexity index is 928. The van der Waals surface area contributed by atoms with E-state index < -0.39 is 0 Å². The standard InChI is InChI=1S/C17H10BrN/c18-15-9-11-10-19-16-8-4-3-7-14(16)17(11)13-6-2-1-5-12(13)15/h1-10H. The zero-order valence-electron chi connectivity index (χ0n) is 10.1. The average molecular weight is 308 g/mol. The van der Waals surface area contributed by atoms with Crippen LogP contribution in [0.5, 0.6) is 0 Å². The molecule has 1 nitrogen and oxygen atoms in total. The molecule has 19 heavy (non-hydrogen) atoms. The minimum atomic E-state index is 1.04. The van der Waals surface area contributed by atoms with E-state index in [0.717, 1.165) is 9.99 Å². The highest BCUT2D eigenvalue weighted by Gasteiger charge is 2.08. The van der Waals surface area contributed by atoms with Gasteiger partial charge < -0.3 is 0 Å². The molecule has 0 atom stereocenters. The lowest BCUT2D eigenvalue weighted by Gasteiger charge is -2.09. The predicted molar refractivity (Wildman–Crippen MR) is 84.5 cm³/mol. The molecule has 0 aliphatic carbocycles. The number of rotatable bonds is 0. The fourth-order valence-electron chi connectivity index (χ4n) is 2.69. The minimum Gasteiger partial charge on any atom is -0.256 e. The second kappa shape index (κ2) is 4.04. The van der Waals surface area contributed by atoms with Gasteiger partial charge in [0.25, 0.3) is 0 Å². The second-order valence-electron chi connectivity index (χ2n) is 4.64. The topological polar surface area (TPSA) is 12.9 Å². The summed E-state index contributed by atoms with van der Waals surface area (Å²) in [6, 6.07) is 18.9. The summed E-state index contributed by atoms with van der Waals surface area (Å²) in [5.74, 6) is 0. The SMILES string of the molecule is Brc1cc2cnc3ccccc3c2c2ccccc12. The molecule has 1 heterocycles. The van der Waals surface area contributed by atoms with Crippen LogP contribution in [0.25, 0.3) is 32.4 Å². The fourth-order valence-corrected chi connectivity index (χ4v) is 3.28. The van der Waals surface area contributed by atoms with E-state index in [-0.39, 0.29) is 0 Å². The predicted octanol–water partition coefficient (Wildman–Crippen LogP) is 5.30. The number of nitrogens with zero attached hydrogens (tertiary/aromatic N) is 1. The molecular formula is C17H10BrN. The Morgan fingerprint density at radius 1 is 0.789 bits per heavy atom. The van der Waals surface area contributed by atoms with Gasteiger partial charge in [0.05, 0.1) is 5.52 Å². The molecular weight excluding hydrogens is 298 g/mol. The summed E-state index contributed by atoms with van der Waals surface area (Å²) < 4.78 is 1.12. The van der Waals surface area contributed by atoms with Gasteiger partial charge in [-0.15, -0.1) is 0 Å². The van der Waals surface area contributed by atoms with Crippen molar-refractivity contribution >= 4 is 48.4 Å². The zero-order chi connectivity index (χ0) is 12.8. The van der Waals surface area contributed by atoms with Crippen molar-refractivity contribution in [3.8, 4) is 0 Å². The van der Waals surface area contributed by atoms with E-state index in [9.17, 15) is 0 Å². The van der Waals surface area contributed by atoms with Crippen LogP contribution in [0.15, 0.2) is 65.3 Å². The highest BCUT2D eigenvalue weighted by Crippen LogP contribution is 2.35. The third-order valence-corrected chi connectivity index (χ3v) is 4.20. The normalized spacial score (nSPS) is 11.4. The zero-order valence-corrected chi connectivity index (χ0v) is 11.7. The molecule has 4 rings (SSSR count). The molecule has 0 aliphatic rings. The summed E-state index contributed by atoms with van der Waals surface area (Å²) in [4.78, 5) is 4.54. The van der Waals surface area contributed by atoms with Gasteiger partial charge in [0.2, 0.25) is 0 Å². The smallest absolute Gasteiger partial charge is 0.0708 e. The van der Waals surface area contributed by atoms with Crippen molar-refractivity contribution in [2.75, 3.05) is 0 Å². The van der Waals surface area contributed by atoms with Crippen molar-refractivity contribution in [3.63, 3.8) is 0 Å². The molecule has 90 valence electrons. The number of fused-ring (bicyclic) bond motifs is 5. The summed E-state index contributed by atoms with van der Waals surface area (Å²) in [5.41, 5.74) is 1.04. The molecule has 0 saturated heterocycles. The molecule has 0 spiro atoms. The Kier molecular flexibility index (Phi) is 2.32. The Labute approximate surface area is 119 Å². The third-order valence-electron chi connectivity index (χ3n) is 3.54. The maximum atomic E-state index is 4.54. The summed E-state index contributed by atoms with van der Waals surface area (Å²) in [6.07, 6.45) is 1.95. The van der Waals surface area contributed by atoms with Crippen LogP contribution in [0.3, 0.4) is 0 Å². The van der Waals surface area contributed by atoms with Crippen LogP contribution in [-0.4, -0.2) is 4.98 Å². The first kappa shape index (κ1) is 10.9. The van der Waals surface area contributed by atoms with Crippen LogP contribution in [0.2, 0.25) is 0 Å². The lowest BCUT2D eigenvalue weighted by atomic mass is 10.00. The van der Waals surface area contributed by atoms with Crippen molar-refractivity contribution in [1.29, 1.82) is 0 Å². The fraction of sp³-hybridized carbons (Fsp3) is 0. The van der Waals surface area contributed by atoms with Gasteiger partial charge in [0.15, 0.2) is 0 Å². The monoisotopic (exact) mass is 307 g/mol. The second-order valence-corrected chi connectivity index (χ2v) is 5.50. The van der Waals surface area contributed by atoms with Crippen LogP contribution < -0.4 is 0 Å². The minimum absolute atomic E-state index is 1.04. The van der Waals surface area contributed by atoms with Gasteiger partial charge in [-0.3, -0.25) is 4.98 Å². The summed E-state index contributed by atoms with van der Waals surface area (Å²) in [6.45, 7) is 0. The molecule has 0 aliphatic heterocycles. The van der Waals surface area contributed by atoms with Gasteiger partial charge in [-0.25, -0.2) is 0 Å². The number of aromatic nitrogens is 1. The van der Waals surface area contributed by atoms with Crippen molar-refractivity contribution < 1.29 is 0 Å². The molecule has 4 aromatic rings. The van der Waals surface area contributed by atoms with Crippen molar-refractivity contribution in [2.24, 2.45) is 0 Å². The summed E-state index contributed by atoms with van der Waals surface area (Å²) in [5, 5.41) is 6.18. The molecule has 0 saturated carbocycles. The number of hydrogen-bond acceptors (Lipinski definition) is 1. The van der Waals surface area contributed by atoms with E-state index in [1.54, 1.807) is 0 Å². The van der Waals surface area contributed by atoms with Crippen molar-refractivity contribution in [3.05, 3.63) is 65.3 Å². The molecule has 0 fully saturated rings. The number of benzene rings is 3. The Morgan fingerprint density at radius 3 is 2.32 bits per heavy atom. The molecule has 0 unspecified atom stereocenters. The van der Waals surface area contributed by atoms with Crippen molar-refractivity contribution in [1.82, 2.24) is 4.98 Å². The van der Waals surface area contributed by atoms with E-state index in [4.69, 9.17) is 0 Å². The Hall–Kier alpha value is -1.93. The van der Waals surface area contributed by atoms with Gasteiger partial charge in [0, 0.05) is 26.8 Å². The molecule has 0 amide bonds. The first-order valence-corrected chi connectivity index (χ1v) is 6.98. The first-order valence-electron chi connectivity index (χ1n) is 6.19. The van der Waals surface area contributed by atoms with Gasteiger partial charge in [-0.05, 0) is 22.9 Å². The maximum Gasteiger partial charge on any atom is 0.0708 e. The molecule has 0 N–H and O–H groups in total. The first-order chi connectivity index (χ1) is 9.34. The van der Waals surface area contributed by atoms with E-state index in [1.807, 2.05) is 12.3 Å². The summed E-state index contributed by atoms with van der Waals surface area (Å²) in [7, 11) is 0. The Morgan fingerprint density at radius 2 is 1.47 bits per heavy atom. The van der Waals surface area contributed by atoms with E-state index in [0.29, 0.717) is 0 Å². The lowest BCUT2D eigenvalue weighted by molar-refractivity contribution is 1.45. The molecule has 0 bridgehead atoms. The molecule has 1 aromatic heterocycles. The van der Waals surface area contributed by atoms with Crippen LogP contribution in [0.4, 0.5) is 0 Å². The van der Waals surface area contributed by atoms with Gasteiger partial charge in [-0.1, -0.05) is 58.4 Å². The molecule has 0 radical (unpaired) electrons. The van der Waals surface area contributed by atoms with E-state index >= 15 is 0 Å². The number of hydrogen-bond donors (Lipinski definition) is 0. The summed E-state index contributed by atoms with van der Waals surface area (Å²) >= 11 is 3.65. The number of halogens is 1. The van der Waals surface area contributed by atoms with E-state index in [2.05, 4.69) is 69.4 Å². The lowest BCUT2D eigenvalue weighted by Crippen LogP contribution is -1.84. The molecule has 3 aromatic carbocycles. The number of pyridine rings is 1. The van der Waals surface area contributed by atoms with Gasteiger partial charge in [0.1, 0.15) is 0 Å². The van der Waals surface area contributed by atoms with Crippen LogP contribution in [-0.2, 0) is 0 Å². The van der Waals surface area contributed by atoms with Crippen LogP contribution in [0, 0.1) is 0 Å². The van der Waals surface area contributed by atoms with Crippen LogP contribution >= 0.6 is 15.9 Å². The largest absolute Gasteiger partial charge is 0.256 e. The maximum absolute atomic E-state index is 4.54. The van der Waals surface area contributed by atoms with Gasteiger partial charge >= 0.3 is 0 Å². The Balaban J connectivity index is 2.39. The highest BCUT2D eigenvalue weighted by molar-refractivity contribution is 9.10. The quantitative estimate of drug-likeness (QED) is 0.401. The van der Waals surface area contributed by atoms with E-state index in [1.165, 1.54) is 26.9 Å². The van der Waals surface area contributed by atoms with Crippen LogP contribution in [0.1, 0.15) is 0 Å².